The lowest BCUT2D eigenvalue weighted by molar-refractivity contribution is 0.378. The van der Waals surface area contributed by atoms with Crippen LogP contribution in [0, 0.1) is 6.92 Å². The quantitative estimate of drug-likeness (QED) is 0.481. The summed E-state index contributed by atoms with van der Waals surface area (Å²) in [5.74, 6) is 0. The molecule has 2 aliphatic rings. The summed E-state index contributed by atoms with van der Waals surface area (Å²) in [6, 6.07) is 15.2. The molecule has 1 aromatic heterocycles. The van der Waals surface area contributed by atoms with Crippen LogP contribution in [-0.2, 0) is 16.4 Å². The highest BCUT2D eigenvalue weighted by atomic mass is 35.5. The summed E-state index contributed by atoms with van der Waals surface area (Å²) in [5.41, 5.74) is 4.00. The van der Waals surface area contributed by atoms with E-state index in [4.69, 9.17) is 11.6 Å². The Bertz CT molecular complexity index is 1390. The maximum absolute atomic E-state index is 13.7. The van der Waals surface area contributed by atoms with Crippen LogP contribution in [0.2, 0.25) is 5.02 Å². The maximum atomic E-state index is 13.7. The van der Waals surface area contributed by atoms with E-state index >= 15 is 0 Å². The molecule has 0 atom stereocenters. The molecule has 36 heavy (non-hydrogen) atoms. The van der Waals surface area contributed by atoms with Crippen LogP contribution in [0.1, 0.15) is 42.4 Å². The lowest BCUT2D eigenvalue weighted by Crippen LogP contribution is -2.51. The van der Waals surface area contributed by atoms with Gasteiger partial charge in [0.1, 0.15) is 0 Å². The van der Waals surface area contributed by atoms with Gasteiger partial charge in [0.15, 0.2) is 0 Å². The molecule has 2 heterocycles. The second-order valence-corrected chi connectivity index (χ2v) is 12.4. The molecule has 1 aliphatic heterocycles. The molecule has 0 spiro atoms. The molecule has 0 unspecified atom stereocenters. The molecule has 1 aliphatic carbocycles. The normalized spacial score (nSPS) is 17.6. The number of aromatic nitrogens is 2. The van der Waals surface area contributed by atoms with Gasteiger partial charge in [0.25, 0.3) is 5.56 Å². The fraction of sp³-hybridized carbons (Fsp3) is 0.407. The van der Waals surface area contributed by atoms with Gasteiger partial charge in [-0.05, 0) is 43.5 Å². The molecule has 5 rings (SSSR count). The summed E-state index contributed by atoms with van der Waals surface area (Å²) in [7, 11) is -3.27. The van der Waals surface area contributed by atoms with Gasteiger partial charge in [0, 0.05) is 43.2 Å². The smallest absolute Gasteiger partial charge is 0.277 e. The zero-order valence-corrected chi connectivity index (χ0v) is 22.0. The van der Waals surface area contributed by atoms with Gasteiger partial charge in [0.2, 0.25) is 10.0 Å². The number of piperazine rings is 1. The fourth-order valence-electron chi connectivity index (χ4n) is 5.20. The van der Waals surface area contributed by atoms with Crippen molar-refractivity contribution in [3.8, 4) is 5.69 Å². The van der Waals surface area contributed by atoms with Crippen LogP contribution in [0.15, 0.2) is 59.5 Å². The Morgan fingerprint density at radius 2 is 1.69 bits per heavy atom. The largest absolute Gasteiger partial charge is 0.367 e. The fourth-order valence-corrected chi connectivity index (χ4v) is 7.41. The molecule has 2 aromatic carbocycles. The Hall–Kier alpha value is -2.68. The number of hydrogen-bond acceptors (Lipinski definition) is 5. The second kappa shape index (κ2) is 10.4. The van der Waals surface area contributed by atoms with Gasteiger partial charge in [-0.15, -0.1) is 0 Å². The van der Waals surface area contributed by atoms with E-state index in [1.54, 1.807) is 28.7 Å². The molecule has 3 aromatic rings. The first-order valence-electron chi connectivity index (χ1n) is 12.5. The van der Waals surface area contributed by atoms with Gasteiger partial charge in [-0.3, -0.25) is 4.79 Å². The predicted molar refractivity (Wildman–Crippen MR) is 144 cm³/mol. The lowest BCUT2D eigenvalue weighted by Gasteiger charge is -2.37. The van der Waals surface area contributed by atoms with Crippen LogP contribution in [0.3, 0.4) is 0 Å². The van der Waals surface area contributed by atoms with Crippen LogP contribution in [-0.4, -0.2) is 53.9 Å². The molecule has 2 fully saturated rings. The molecule has 0 bridgehead atoms. The number of benzene rings is 2. The molecule has 190 valence electrons. The van der Waals surface area contributed by atoms with Crippen molar-refractivity contribution in [1.82, 2.24) is 14.1 Å². The summed E-state index contributed by atoms with van der Waals surface area (Å²) in [6.45, 7) is 3.91. The number of rotatable bonds is 6. The Morgan fingerprint density at radius 3 is 2.36 bits per heavy atom. The summed E-state index contributed by atoms with van der Waals surface area (Å²) < 4.78 is 29.2. The van der Waals surface area contributed by atoms with Crippen LogP contribution < -0.4 is 10.5 Å². The Morgan fingerprint density at radius 1 is 1.00 bits per heavy atom. The summed E-state index contributed by atoms with van der Waals surface area (Å²) in [5, 5.41) is 4.77. The van der Waals surface area contributed by atoms with E-state index in [9.17, 15) is 13.2 Å². The van der Waals surface area contributed by atoms with Crippen LogP contribution >= 0.6 is 11.6 Å². The van der Waals surface area contributed by atoms with Crippen molar-refractivity contribution >= 4 is 27.3 Å². The van der Waals surface area contributed by atoms with Gasteiger partial charge in [-0.1, -0.05) is 60.3 Å². The van der Waals surface area contributed by atoms with Gasteiger partial charge in [-0.2, -0.15) is 14.1 Å². The molecule has 0 N–H and O–H groups in total. The standard InChI is InChI=1S/C27H31ClN4O3S/c1-20-9-11-21(12-10-20)17-25-26(19-29-32(27(25)33)23-6-4-5-22(28)18-23)30-13-15-31(16-14-30)36(34,35)24-7-2-3-8-24/h4-6,9-12,18-19,24H,2-3,7-8,13-17H2,1H3. The predicted octanol–water partition coefficient (Wildman–Crippen LogP) is 4.18. The number of aryl methyl sites for hydroxylation is 1. The SMILES string of the molecule is Cc1ccc(Cc2c(N3CCN(S(=O)(=O)C4CCCC4)CC3)cnn(-c3cccc(Cl)c3)c2=O)cc1. The first kappa shape index (κ1) is 25.0. The Labute approximate surface area is 217 Å². The zero-order chi connectivity index (χ0) is 25.3. The lowest BCUT2D eigenvalue weighted by atomic mass is 10.0. The van der Waals surface area contributed by atoms with Gasteiger partial charge >= 0.3 is 0 Å². The van der Waals surface area contributed by atoms with Crippen molar-refractivity contribution in [3.05, 3.63) is 86.8 Å². The van der Waals surface area contributed by atoms with Crippen molar-refractivity contribution in [2.45, 2.75) is 44.3 Å². The highest BCUT2D eigenvalue weighted by molar-refractivity contribution is 7.89. The molecule has 1 saturated heterocycles. The average molecular weight is 527 g/mol. The van der Waals surface area contributed by atoms with Gasteiger partial charge in [-0.25, -0.2) is 8.42 Å². The molecule has 9 heteroatoms. The Kier molecular flexibility index (Phi) is 7.19. The van der Waals surface area contributed by atoms with Crippen molar-refractivity contribution in [3.63, 3.8) is 0 Å². The molecule has 0 radical (unpaired) electrons. The minimum atomic E-state index is -3.27. The zero-order valence-electron chi connectivity index (χ0n) is 20.4. The third-order valence-corrected chi connectivity index (χ3v) is 9.91. The number of anilines is 1. The van der Waals surface area contributed by atoms with E-state index in [1.165, 1.54) is 4.68 Å². The van der Waals surface area contributed by atoms with Crippen LogP contribution in [0.25, 0.3) is 5.69 Å². The third-order valence-electron chi connectivity index (χ3n) is 7.27. The highest BCUT2D eigenvalue weighted by Gasteiger charge is 2.36. The van der Waals surface area contributed by atoms with Crippen molar-refractivity contribution in [2.75, 3.05) is 31.1 Å². The second-order valence-electron chi connectivity index (χ2n) is 9.71. The van der Waals surface area contributed by atoms with E-state index in [0.717, 1.165) is 42.5 Å². The van der Waals surface area contributed by atoms with Crippen molar-refractivity contribution in [1.29, 1.82) is 0 Å². The van der Waals surface area contributed by atoms with Gasteiger partial charge in [0.05, 0.1) is 22.8 Å². The van der Waals surface area contributed by atoms with E-state index in [2.05, 4.69) is 10.00 Å². The minimum absolute atomic E-state index is 0.198. The van der Waals surface area contributed by atoms with Crippen LogP contribution in [0.4, 0.5) is 5.69 Å². The summed E-state index contributed by atoms with van der Waals surface area (Å²) in [4.78, 5) is 15.8. The average Bonchev–Trinajstić information content (AvgIpc) is 3.43. The van der Waals surface area contributed by atoms with Crippen molar-refractivity contribution in [2.24, 2.45) is 0 Å². The first-order valence-corrected chi connectivity index (χ1v) is 14.4. The molecule has 1 saturated carbocycles. The number of sulfonamides is 1. The summed E-state index contributed by atoms with van der Waals surface area (Å²) in [6.07, 6.45) is 5.68. The molecule has 0 amide bonds. The summed E-state index contributed by atoms with van der Waals surface area (Å²) >= 11 is 6.18. The van der Waals surface area contributed by atoms with E-state index < -0.39 is 10.0 Å². The van der Waals surface area contributed by atoms with Crippen LogP contribution in [0.5, 0.6) is 0 Å². The van der Waals surface area contributed by atoms with E-state index in [1.807, 2.05) is 37.3 Å². The Balaban J connectivity index is 1.46. The number of hydrogen-bond donors (Lipinski definition) is 0. The van der Waals surface area contributed by atoms with E-state index in [-0.39, 0.29) is 10.8 Å². The van der Waals surface area contributed by atoms with Gasteiger partial charge < -0.3 is 4.90 Å². The number of nitrogens with zero attached hydrogens (tertiary/aromatic N) is 4. The first-order chi connectivity index (χ1) is 17.3. The highest BCUT2D eigenvalue weighted by Crippen LogP contribution is 2.29. The maximum Gasteiger partial charge on any atom is 0.277 e. The van der Waals surface area contributed by atoms with Crippen molar-refractivity contribution < 1.29 is 8.42 Å². The topological polar surface area (TPSA) is 75.5 Å². The molecular formula is C27H31ClN4O3S. The molecule has 7 nitrogen and oxygen atoms in total. The van der Waals surface area contributed by atoms with E-state index in [0.29, 0.717) is 48.9 Å². The third kappa shape index (κ3) is 5.08. The minimum Gasteiger partial charge on any atom is -0.367 e. The molecular weight excluding hydrogens is 496 g/mol. The monoisotopic (exact) mass is 526 g/mol. The number of halogens is 1.